The van der Waals surface area contributed by atoms with E-state index in [0.717, 1.165) is 25.7 Å². The van der Waals surface area contributed by atoms with Crippen molar-refractivity contribution in [3.8, 4) is 22.8 Å². The molecule has 4 rings (SSSR count). The smallest absolute Gasteiger partial charge is 0.339 e. The molecule has 0 spiro atoms. The van der Waals surface area contributed by atoms with E-state index < -0.39 is 24.5 Å². The molecule has 1 aromatic heterocycles. The molecule has 0 atom stereocenters. The topological polar surface area (TPSA) is 116 Å². The van der Waals surface area contributed by atoms with Crippen molar-refractivity contribution < 1.29 is 28.6 Å². The zero-order chi connectivity index (χ0) is 24.8. The first-order valence-corrected chi connectivity index (χ1v) is 11.4. The van der Waals surface area contributed by atoms with Gasteiger partial charge in [0.2, 0.25) is 0 Å². The molecule has 2 aromatic carbocycles. The predicted molar refractivity (Wildman–Crippen MR) is 129 cm³/mol. The number of pyridine rings is 1. The van der Waals surface area contributed by atoms with Gasteiger partial charge >= 0.3 is 12.0 Å². The molecule has 1 aliphatic rings. The molecule has 0 bridgehead atoms. The van der Waals surface area contributed by atoms with Crippen molar-refractivity contribution in [2.45, 2.75) is 31.7 Å². The van der Waals surface area contributed by atoms with Crippen LogP contribution in [-0.2, 0) is 9.53 Å². The number of imide groups is 1. The SMILES string of the molecule is COc1ccc(-c2cc(C(=O)OCC(=O)NC(=O)NC3CCCC3)c3ccccc3n2)cc1OC. The van der Waals surface area contributed by atoms with E-state index in [4.69, 9.17) is 14.2 Å². The average molecular weight is 478 g/mol. The van der Waals surface area contributed by atoms with Crippen LogP contribution in [0.5, 0.6) is 11.5 Å². The quantitative estimate of drug-likeness (QED) is 0.497. The second kappa shape index (κ2) is 10.9. The fourth-order valence-corrected chi connectivity index (χ4v) is 4.15. The largest absolute Gasteiger partial charge is 0.493 e. The molecule has 1 heterocycles. The number of rotatable bonds is 7. The highest BCUT2D eigenvalue weighted by molar-refractivity contribution is 6.05. The molecule has 35 heavy (non-hydrogen) atoms. The zero-order valence-electron chi connectivity index (χ0n) is 19.6. The summed E-state index contributed by atoms with van der Waals surface area (Å²) in [5.41, 5.74) is 2.08. The van der Waals surface area contributed by atoms with Crippen LogP contribution in [-0.4, -0.2) is 49.8 Å². The van der Waals surface area contributed by atoms with Crippen LogP contribution < -0.4 is 20.1 Å². The van der Waals surface area contributed by atoms with Gasteiger partial charge in [-0.15, -0.1) is 0 Å². The lowest BCUT2D eigenvalue weighted by Gasteiger charge is -2.13. The van der Waals surface area contributed by atoms with Crippen LogP contribution in [0.25, 0.3) is 22.2 Å². The minimum absolute atomic E-state index is 0.0727. The lowest BCUT2D eigenvalue weighted by Crippen LogP contribution is -2.45. The summed E-state index contributed by atoms with van der Waals surface area (Å²) in [4.78, 5) is 41.8. The van der Waals surface area contributed by atoms with Gasteiger partial charge in [0.15, 0.2) is 18.1 Å². The summed E-state index contributed by atoms with van der Waals surface area (Å²) in [5.74, 6) is -0.305. The van der Waals surface area contributed by atoms with Crippen molar-refractivity contribution in [2.75, 3.05) is 20.8 Å². The maximum Gasteiger partial charge on any atom is 0.339 e. The summed E-state index contributed by atoms with van der Waals surface area (Å²) < 4.78 is 15.9. The van der Waals surface area contributed by atoms with Gasteiger partial charge in [-0.2, -0.15) is 0 Å². The molecule has 0 unspecified atom stereocenters. The Morgan fingerprint density at radius 2 is 1.71 bits per heavy atom. The molecule has 0 aliphatic heterocycles. The van der Waals surface area contributed by atoms with Gasteiger partial charge in [-0.05, 0) is 43.2 Å². The molecular weight excluding hydrogens is 450 g/mol. The molecule has 9 heteroatoms. The third-order valence-corrected chi connectivity index (χ3v) is 5.89. The molecular formula is C26H27N3O6. The standard InChI is InChI=1S/C26H27N3O6/c1-33-22-12-11-16(13-23(22)34-2)21-14-19(18-9-5-6-10-20(18)28-21)25(31)35-15-24(30)29-26(32)27-17-7-3-4-8-17/h5-6,9-14,17H,3-4,7-8,15H2,1-2H3,(H2,27,29,30,32). The van der Waals surface area contributed by atoms with Crippen LogP contribution >= 0.6 is 0 Å². The number of para-hydroxylation sites is 1. The highest BCUT2D eigenvalue weighted by atomic mass is 16.5. The van der Waals surface area contributed by atoms with Crippen LogP contribution in [0.1, 0.15) is 36.0 Å². The second-order valence-electron chi connectivity index (χ2n) is 8.22. The van der Waals surface area contributed by atoms with E-state index >= 15 is 0 Å². The molecule has 3 aromatic rings. The first-order chi connectivity index (χ1) is 17.0. The number of hydrogen-bond donors (Lipinski definition) is 2. The summed E-state index contributed by atoms with van der Waals surface area (Å²) in [5, 5.41) is 5.55. The fraction of sp³-hybridized carbons (Fsp3) is 0.308. The van der Waals surface area contributed by atoms with E-state index in [0.29, 0.717) is 33.7 Å². The second-order valence-corrected chi connectivity index (χ2v) is 8.22. The molecule has 0 saturated heterocycles. The molecule has 1 saturated carbocycles. The normalized spacial score (nSPS) is 13.3. The molecule has 182 valence electrons. The minimum atomic E-state index is -0.702. The van der Waals surface area contributed by atoms with Crippen LogP contribution in [0.3, 0.4) is 0 Å². The van der Waals surface area contributed by atoms with E-state index in [2.05, 4.69) is 15.6 Å². The molecule has 1 fully saturated rings. The number of carbonyl (C=O) groups is 3. The van der Waals surface area contributed by atoms with Gasteiger partial charge in [-0.25, -0.2) is 14.6 Å². The highest BCUT2D eigenvalue weighted by Gasteiger charge is 2.20. The summed E-state index contributed by atoms with van der Waals surface area (Å²) in [7, 11) is 3.09. The van der Waals surface area contributed by atoms with Crippen LogP contribution in [0.2, 0.25) is 0 Å². The lowest BCUT2D eigenvalue weighted by molar-refractivity contribution is -0.123. The number of nitrogens with one attached hydrogen (secondary N) is 2. The number of amides is 3. The number of nitrogens with zero attached hydrogens (tertiary/aromatic N) is 1. The van der Waals surface area contributed by atoms with Crippen LogP contribution in [0, 0.1) is 0 Å². The Hall–Kier alpha value is -4.14. The highest BCUT2D eigenvalue weighted by Crippen LogP contribution is 2.33. The first-order valence-electron chi connectivity index (χ1n) is 11.4. The molecule has 2 N–H and O–H groups in total. The number of hydrogen-bond acceptors (Lipinski definition) is 7. The Kier molecular flexibility index (Phi) is 7.45. The van der Waals surface area contributed by atoms with Crippen molar-refractivity contribution in [3.05, 3.63) is 54.1 Å². The van der Waals surface area contributed by atoms with Crippen LogP contribution in [0.15, 0.2) is 48.5 Å². The summed E-state index contributed by atoms with van der Waals surface area (Å²) >= 11 is 0. The van der Waals surface area contributed by atoms with Crippen molar-refractivity contribution in [2.24, 2.45) is 0 Å². The van der Waals surface area contributed by atoms with Gasteiger partial charge < -0.3 is 19.5 Å². The Morgan fingerprint density at radius 1 is 0.971 bits per heavy atom. The van der Waals surface area contributed by atoms with Gasteiger partial charge in [-0.3, -0.25) is 10.1 Å². The van der Waals surface area contributed by atoms with Crippen molar-refractivity contribution in [3.63, 3.8) is 0 Å². The molecule has 3 amide bonds. The van der Waals surface area contributed by atoms with E-state index in [1.807, 2.05) is 12.1 Å². The monoisotopic (exact) mass is 477 g/mol. The number of benzene rings is 2. The van der Waals surface area contributed by atoms with Gasteiger partial charge in [0.25, 0.3) is 5.91 Å². The van der Waals surface area contributed by atoms with E-state index in [1.54, 1.807) is 43.5 Å². The maximum absolute atomic E-state index is 13.0. The Bertz CT molecular complexity index is 1250. The third kappa shape index (κ3) is 5.68. The van der Waals surface area contributed by atoms with Gasteiger partial charge in [0.1, 0.15) is 0 Å². The van der Waals surface area contributed by atoms with Crippen molar-refractivity contribution >= 4 is 28.8 Å². The van der Waals surface area contributed by atoms with Gasteiger partial charge in [-0.1, -0.05) is 31.0 Å². The van der Waals surface area contributed by atoms with Gasteiger partial charge in [0, 0.05) is 17.0 Å². The Morgan fingerprint density at radius 3 is 2.46 bits per heavy atom. The number of aromatic nitrogens is 1. The number of methoxy groups -OCH3 is 2. The Balaban J connectivity index is 1.51. The molecule has 9 nitrogen and oxygen atoms in total. The number of carbonyl (C=O) groups excluding carboxylic acids is 3. The van der Waals surface area contributed by atoms with Crippen molar-refractivity contribution in [1.29, 1.82) is 0 Å². The first kappa shape index (κ1) is 24.0. The molecule has 0 radical (unpaired) electrons. The summed E-state index contributed by atoms with van der Waals surface area (Å²) in [6, 6.07) is 13.6. The maximum atomic E-state index is 13.0. The zero-order valence-corrected chi connectivity index (χ0v) is 19.6. The van der Waals surface area contributed by atoms with Gasteiger partial charge in [0.05, 0.1) is 31.0 Å². The van der Waals surface area contributed by atoms with E-state index in [9.17, 15) is 14.4 Å². The fourth-order valence-electron chi connectivity index (χ4n) is 4.15. The van der Waals surface area contributed by atoms with E-state index in [1.165, 1.54) is 7.11 Å². The number of urea groups is 1. The lowest BCUT2D eigenvalue weighted by atomic mass is 10.0. The summed E-state index contributed by atoms with van der Waals surface area (Å²) in [6.45, 7) is -0.584. The molecule has 1 aliphatic carbocycles. The Labute approximate surface area is 202 Å². The average Bonchev–Trinajstić information content (AvgIpc) is 3.38. The van der Waals surface area contributed by atoms with Crippen molar-refractivity contribution in [1.82, 2.24) is 15.6 Å². The number of ether oxygens (including phenoxy) is 3. The number of fused-ring (bicyclic) bond motifs is 1. The number of esters is 1. The predicted octanol–water partition coefficient (Wildman–Crippen LogP) is 3.84. The summed E-state index contributed by atoms with van der Waals surface area (Å²) in [6.07, 6.45) is 3.91. The van der Waals surface area contributed by atoms with E-state index in [-0.39, 0.29) is 11.6 Å². The van der Waals surface area contributed by atoms with Crippen LogP contribution in [0.4, 0.5) is 4.79 Å². The third-order valence-electron chi connectivity index (χ3n) is 5.89. The minimum Gasteiger partial charge on any atom is -0.493 e.